The number of hydrogen-bond acceptors (Lipinski definition) is 4. The van der Waals surface area contributed by atoms with Crippen LogP contribution in [0.5, 0.6) is 5.75 Å². The molecule has 1 aromatic heterocycles. The summed E-state index contributed by atoms with van der Waals surface area (Å²) >= 11 is 7.39. The third-order valence-electron chi connectivity index (χ3n) is 3.00. The minimum atomic E-state index is -0.922. The van der Waals surface area contributed by atoms with Crippen LogP contribution in [0.4, 0.5) is 0 Å². The smallest absolute Gasteiger partial charge is 0.138 e. The van der Waals surface area contributed by atoms with E-state index < -0.39 is 5.60 Å². The van der Waals surface area contributed by atoms with E-state index in [0.29, 0.717) is 23.7 Å². The molecule has 0 saturated carbocycles. The lowest BCUT2D eigenvalue weighted by Gasteiger charge is -2.23. The number of thiophene rings is 1. The Balaban J connectivity index is 1.95. The number of aromatic hydroxyl groups is 1. The summed E-state index contributed by atoms with van der Waals surface area (Å²) in [5.41, 5.74) is 0.683. The van der Waals surface area contributed by atoms with E-state index in [-0.39, 0.29) is 5.75 Å². The Morgan fingerprint density at radius 3 is 2.84 bits per heavy atom. The fraction of sp³-hybridized carbons (Fsp3) is 0.286. The van der Waals surface area contributed by atoms with Gasteiger partial charge in [-0.25, -0.2) is 0 Å². The molecule has 0 aliphatic rings. The van der Waals surface area contributed by atoms with Gasteiger partial charge in [0.25, 0.3) is 0 Å². The molecule has 5 heteroatoms. The van der Waals surface area contributed by atoms with Crippen molar-refractivity contribution < 1.29 is 10.2 Å². The van der Waals surface area contributed by atoms with Crippen molar-refractivity contribution in [3.63, 3.8) is 0 Å². The van der Waals surface area contributed by atoms with Gasteiger partial charge in [0.15, 0.2) is 0 Å². The van der Waals surface area contributed by atoms with E-state index in [4.69, 9.17) is 11.6 Å². The molecule has 0 aliphatic carbocycles. The summed E-state index contributed by atoms with van der Waals surface area (Å²) in [5.74, 6) is 0.0897. The zero-order chi connectivity index (χ0) is 13.9. The highest BCUT2D eigenvalue weighted by molar-refractivity contribution is 7.08. The molecule has 3 nitrogen and oxygen atoms in total. The highest BCUT2D eigenvalue weighted by Gasteiger charge is 2.22. The molecule has 3 N–H and O–H groups in total. The van der Waals surface area contributed by atoms with Gasteiger partial charge in [0, 0.05) is 18.7 Å². The van der Waals surface area contributed by atoms with Gasteiger partial charge in [0.05, 0.1) is 10.6 Å². The Kier molecular flexibility index (Phi) is 4.47. The number of benzene rings is 1. The lowest BCUT2D eigenvalue weighted by atomic mass is 9.99. The maximum atomic E-state index is 10.3. The van der Waals surface area contributed by atoms with Crippen molar-refractivity contribution in [2.75, 3.05) is 6.54 Å². The van der Waals surface area contributed by atoms with Crippen LogP contribution in [0.3, 0.4) is 0 Å². The van der Waals surface area contributed by atoms with Crippen LogP contribution in [0.15, 0.2) is 35.0 Å². The van der Waals surface area contributed by atoms with E-state index in [1.54, 1.807) is 36.5 Å². The standard InChI is InChI=1S/C14H16ClNO2S/c1-14(18,11-5-6-19-8-11)9-16-7-10-3-2-4-12(15)13(10)17/h2-6,8,16-18H,7,9H2,1H3. The second-order valence-electron chi connectivity index (χ2n) is 4.64. The van der Waals surface area contributed by atoms with Gasteiger partial charge in [0.2, 0.25) is 0 Å². The number of halogens is 1. The molecule has 1 atom stereocenters. The van der Waals surface area contributed by atoms with Crippen LogP contribution < -0.4 is 5.32 Å². The van der Waals surface area contributed by atoms with Crippen LogP contribution in [-0.4, -0.2) is 16.8 Å². The molecule has 0 fully saturated rings. The summed E-state index contributed by atoms with van der Waals surface area (Å²) in [4.78, 5) is 0. The predicted molar refractivity (Wildman–Crippen MR) is 78.7 cm³/mol. The molecular weight excluding hydrogens is 282 g/mol. The molecule has 1 aromatic carbocycles. The zero-order valence-corrected chi connectivity index (χ0v) is 12.1. The molecule has 2 rings (SSSR count). The van der Waals surface area contributed by atoms with Gasteiger partial charge in [-0.15, -0.1) is 0 Å². The van der Waals surface area contributed by atoms with Crippen molar-refractivity contribution in [2.24, 2.45) is 0 Å². The molecule has 0 saturated heterocycles. The first-order valence-corrected chi connectivity index (χ1v) is 7.25. The van der Waals surface area contributed by atoms with E-state index in [9.17, 15) is 10.2 Å². The average molecular weight is 298 g/mol. The van der Waals surface area contributed by atoms with Crippen LogP contribution in [0.1, 0.15) is 18.1 Å². The predicted octanol–water partition coefficient (Wildman–Crippen LogP) is 3.10. The number of phenols is 1. The molecule has 19 heavy (non-hydrogen) atoms. The second kappa shape index (κ2) is 5.92. The Labute approximate surface area is 121 Å². The van der Waals surface area contributed by atoms with E-state index >= 15 is 0 Å². The number of phenolic OH excluding ortho intramolecular Hbond substituents is 1. The lowest BCUT2D eigenvalue weighted by molar-refractivity contribution is 0.0570. The van der Waals surface area contributed by atoms with Crippen molar-refractivity contribution in [2.45, 2.75) is 19.1 Å². The second-order valence-corrected chi connectivity index (χ2v) is 5.82. The lowest BCUT2D eigenvalue weighted by Crippen LogP contribution is -2.34. The number of nitrogens with one attached hydrogen (secondary N) is 1. The molecule has 102 valence electrons. The average Bonchev–Trinajstić information content (AvgIpc) is 2.89. The molecule has 2 aromatic rings. The van der Waals surface area contributed by atoms with E-state index in [1.165, 1.54) is 0 Å². The molecule has 0 bridgehead atoms. The molecule has 1 heterocycles. The highest BCUT2D eigenvalue weighted by atomic mass is 35.5. The maximum Gasteiger partial charge on any atom is 0.138 e. The molecule has 0 aliphatic heterocycles. The van der Waals surface area contributed by atoms with Gasteiger partial charge in [-0.3, -0.25) is 0 Å². The van der Waals surface area contributed by atoms with Crippen molar-refractivity contribution >= 4 is 22.9 Å². The number of para-hydroxylation sites is 1. The number of rotatable bonds is 5. The Morgan fingerprint density at radius 1 is 1.37 bits per heavy atom. The van der Waals surface area contributed by atoms with Crippen LogP contribution in [0.25, 0.3) is 0 Å². The third kappa shape index (κ3) is 3.48. The van der Waals surface area contributed by atoms with E-state index in [1.807, 2.05) is 16.8 Å². The maximum absolute atomic E-state index is 10.3. The minimum absolute atomic E-state index is 0.0897. The first-order valence-electron chi connectivity index (χ1n) is 5.93. The monoisotopic (exact) mass is 297 g/mol. The van der Waals surface area contributed by atoms with Crippen LogP contribution in [0.2, 0.25) is 5.02 Å². The summed E-state index contributed by atoms with van der Waals surface area (Å²) in [7, 11) is 0. The van der Waals surface area contributed by atoms with Gasteiger partial charge in [-0.1, -0.05) is 23.7 Å². The molecule has 0 spiro atoms. The Bertz CT molecular complexity index is 540. The van der Waals surface area contributed by atoms with Gasteiger partial charge in [0.1, 0.15) is 5.75 Å². The number of hydrogen-bond donors (Lipinski definition) is 3. The van der Waals surface area contributed by atoms with E-state index in [0.717, 1.165) is 5.56 Å². The Hall–Kier alpha value is -1.07. The topological polar surface area (TPSA) is 52.5 Å². The van der Waals surface area contributed by atoms with Crippen molar-refractivity contribution in [1.29, 1.82) is 0 Å². The first kappa shape index (κ1) is 14.3. The zero-order valence-electron chi connectivity index (χ0n) is 10.6. The molecular formula is C14H16ClNO2S. The number of aliphatic hydroxyl groups is 1. The van der Waals surface area contributed by atoms with Crippen LogP contribution in [-0.2, 0) is 12.1 Å². The highest BCUT2D eigenvalue weighted by Crippen LogP contribution is 2.27. The summed E-state index contributed by atoms with van der Waals surface area (Å²) in [5, 5.41) is 27.4. The fourth-order valence-electron chi connectivity index (χ4n) is 1.82. The molecule has 0 radical (unpaired) electrons. The molecule has 1 unspecified atom stereocenters. The fourth-order valence-corrected chi connectivity index (χ4v) is 2.79. The van der Waals surface area contributed by atoms with E-state index in [2.05, 4.69) is 5.32 Å². The third-order valence-corrected chi connectivity index (χ3v) is 3.99. The van der Waals surface area contributed by atoms with Crippen LogP contribution >= 0.6 is 22.9 Å². The quantitative estimate of drug-likeness (QED) is 0.795. The van der Waals surface area contributed by atoms with Crippen LogP contribution in [0, 0.1) is 0 Å². The molecule has 0 amide bonds. The Morgan fingerprint density at radius 2 is 2.16 bits per heavy atom. The largest absolute Gasteiger partial charge is 0.506 e. The van der Waals surface area contributed by atoms with Crippen molar-refractivity contribution in [3.05, 3.63) is 51.2 Å². The van der Waals surface area contributed by atoms with Gasteiger partial charge in [-0.2, -0.15) is 11.3 Å². The normalized spacial score (nSPS) is 14.3. The van der Waals surface area contributed by atoms with Crippen molar-refractivity contribution in [3.8, 4) is 5.75 Å². The summed E-state index contributed by atoms with van der Waals surface area (Å²) in [6.07, 6.45) is 0. The minimum Gasteiger partial charge on any atom is -0.506 e. The van der Waals surface area contributed by atoms with Crippen molar-refractivity contribution in [1.82, 2.24) is 5.32 Å². The summed E-state index contributed by atoms with van der Waals surface area (Å²) in [6, 6.07) is 7.13. The van der Waals surface area contributed by atoms with Gasteiger partial charge < -0.3 is 15.5 Å². The first-order chi connectivity index (χ1) is 9.00. The summed E-state index contributed by atoms with van der Waals surface area (Å²) < 4.78 is 0. The van der Waals surface area contributed by atoms with Gasteiger partial charge >= 0.3 is 0 Å². The van der Waals surface area contributed by atoms with Gasteiger partial charge in [-0.05, 0) is 35.4 Å². The summed E-state index contributed by atoms with van der Waals surface area (Å²) in [6.45, 7) is 2.61. The SMILES string of the molecule is CC(O)(CNCc1cccc(Cl)c1O)c1ccsc1.